The number of carbonyl (C=O) groups excluding carboxylic acids is 3. The topological polar surface area (TPSA) is 106 Å². The van der Waals surface area contributed by atoms with E-state index >= 15 is 0 Å². The zero-order chi connectivity index (χ0) is 22.8. The Kier molecular flexibility index (Phi) is 8.87. The Labute approximate surface area is 182 Å². The molecule has 0 bridgehead atoms. The van der Waals surface area contributed by atoms with Gasteiger partial charge in [-0.25, -0.2) is 0 Å². The van der Waals surface area contributed by atoms with Crippen molar-refractivity contribution in [3.63, 3.8) is 0 Å². The van der Waals surface area contributed by atoms with Crippen molar-refractivity contribution in [1.82, 2.24) is 16.2 Å². The van der Waals surface area contributed by atoms with Gasteiger partial charge in [-0.15, -0.1) is 0 Å². The third kappa shape index (κ3) is 7.02. The molecular formula is C23H29N3O5. The van der Waals surface area contributed by atoms with Crippen LogP contribution < -0.4 is 25.6 Å². The Balaban J connectivity index is 1.95. The second kappa shape index (κ2) is 11.6. The van der Waals surface area contributed by atoms with Crippen LogP contribution in [-0.2, 0) is 4.79 Å². The van der Waals surface area contributed by atoms with E-state index in [0.717, 1.165) is 0 Å². The van der Waals surface area contributed by atoms with Crippen molar-refractivity contribution in [2.24, 2.45) is 5.92 Å². The molecule has 3 amide bonds. The Morgan fingerprint density at radius 3 is 1.61 bits per heavy atom. The number of hydrogen-bond donors (Lipinski definition) is 3. The normalized spacial score (nSPS) is 11.4. The molecule has 0 aliphatic heterocycles. The average molecular weight is 428 g/mol. The Hall–Kier alpha value is -3.55. The van der Waals surface area contributed by atoms with Crippen molar-refractivity contribution in [2.45, 2.75) is 33.7 Å². The van der Waals surface area contributed by atoms with Gasteiger partial charge in [-0.2, -0.15) is 0 Å². The summed E-state index contributed by atoms with van der Waals surface area (Å²) in [6, 6.07) is 12.4. The summed E-state index contributed by atoms with van der Waals surface area (Å²) < 4.78 is 10.7. The Bertz CT molecular complexity index is 879. The summed E-state index contributed by atoms with van der Waals surface area (Å²) in [5.41, 5.74) is 5.52. The van der Waals surface area contributed by atoms with Crippen molar-refractivity contribution in [3.05, 3.63) is 59.7 Å². The minimum atomic E-state index is -0.834. The molecule has 0 heterocycles. The zero-order valence-electron chi connectivity index (χ0n) is 18.2. The minimum Gasteiger partial charge on any atom is -0.494 e. The van der Waals surface area contributed by atoms with Gasteiger partial charge in [0, 0.05) is 11.1 Å². The Morgan fingerprint density at radius 2 is 1.19 bits per heavy atom. The van der Waals surface area contributed by atoms with Crippen LogP contribution in [0.15, 0.2) is 48.5 Å². The van der Waals surface area contributed by atoms with E-state index in [1.165, 1.54) is 0 Å². The number of amides is 3. The van der Waals surface area contributed by atoms with Crippen LogP contribution in [0.5, 0.6) is 11.5 Å². The summed E-state index contributed by atoms with van der Waals surface area (Å²) >= 11 is 0. The quantitative estimate of drug-likeness (QED) is 0.534. The van der Waals surface area contributed by atoms with Crippen molar-refractivity contribution in [1.29, 1.82) is 0 Å². The maximum Gasteiger partial charge on any atom is 0.269 e. The van der Waals surface area contributed by atoms with Gasteiger partial charge in [-0.3, -0.25) is 25.2 Å². The van der Waals surface area contributed by atoms with Crippen LogP contribution in [-0.4, -0.2) is 37.0 Å². The number of nitrogens with one attached hydrogen (secondary N) is 3. The summed E-state index contributed by atoms with van der Waals surface area (Å²) in [4.78, 5) is 37.4. The molecule has 0 unspecified atom stereocenters. The molecule has 2 aromatic rings. The molecule has 0 aliphatic carbocycles. The van der Waals surface area contributed by atoms with Crippen LogP contribution in [0.25, 0.3) is 0 Å². The molecule has 0 aliphatic rings. The molecule has 0 aromatic heterocycles. The summed E-state index contributed by atoms with van der Waals surface area (Å²) in [6.07, 6.45) is 0. The lowest BCUT2D eigenvalue weighted by atomic mass is 10.0. The lowest BCUT2D eigenvalue weighted by Crippen LogP contribution is -2.54. The van der Waals surface area contributed by atoms with E-state index in [9.17, 15) is 14.4 Å². The molecule has 166 valence electrons. The van der Waals surface area contributed by atoms with Gasteiger partial charge in [0.1, 0.15) is 17.5 Å². The van der Waals surface area contributed by atoms with Gasteiger partial charge in [0.25, 0.3) is 17.7 Å². The molecule has 0 fully saturated rings. The maximum atomic E-state index is 12.6. The number of carbonyl (C=O) groups is 3. The first kappa shape index (κ1) is 23.7. The summed E-state index contributed by atoms with van der Waals surface area (Å²) in [7, 11) is 0. The van der Waals surface area contributed by atoms with Gasteiger partial charge in [-0.1, -0.05) is 13.8 Å². The average Bonchev–Trinajstić information content (AvgIpc) is 2.76. The molecule has 0 saturated carbocycles. The van der Waals surface area contributed by atoms with Crippen LogP contribution in [0.3, 0.4) is 0 Å². The Morgan fingerprint density at radius 1 is 0.742 bits per heavy atom. The largest absolute Gasteiger partial charge is 0.494 e. The fourth-order valence-electron chi connectivity index (χ4n) is 2.77. The highest BCUT2D eigenvalue weighted by Crippen LogP contribution is 2.13. The molecule has 1 atom stereocenters. The standard InChI is InChI=1S/C23H29N3O5/c1-5-30-18-11-7-16(8-12-18)21(27)24-20(15(3)4)23(29)26-25-22(28)17-9-13-19(14-10-17)31-6-2/h7-15,20H,5-6H2,1-4H3,(H,24,27)(H,25,28)(H,26,29)/t20-/m0/s1. The number of ether oxygens (including phenoxy) is 2. The molecule has 0 saturated heterocycles. The highest BCUT2D eigenvalue weighted by atomic mass is 16.5. The lowest BCUT2D eigenvalue weighted by Gasteiger charge is -2.22. The van der Waals surface area contributed by atoms with Crippen molar-refractivity contribution in [3.8, 4) is 11.5 Å². The first-order valence-electron chi connectivity index (χ1n) is 10.2. The smallest absolute Gasteiger partial charge is 0.269 e. The van der Waals surface area contributed by atoms with Crippen LogP contribution >= 0.6 is 0 Å². The van der Waals surface area contributed by atoms with E-state index < -0.39 is 23.8 Å². The molecule has 2 rings (SSSR count). The van der Waals surface area contributed by atoms with Crippen molar-refractivity contribution < 1.29 is 23.9 Å². The third-order valence-corrected chi connectivity index (χ3v) is 4.39. The summed E-state index contributed by atoms with van der Waals surface area (Å²) in [6.45, 7) is 8.41. The predicted molar refractivity (Wildman–Crippen MR) is 117 cm³/mol. The second-order valence-corrected chi connectivity index (χ2v) is 7.05. The molecule has 0 spiro atoms. The highest BCUT2D eigenvalue weighted by molar-refractivity contribution is 5.99. The van der Waals surface area contributed by atoms with E-state index in [4.69, 9.17) is 9.47 Å². The summed E-state index contributed by atoms with van der Waals surface area (Å²) in [5.74, 6) is -0.275. The fourth-order valence-corrected chi connectivity index (χ4v) is 2.77. The number of rotatable bonds is 9. The van der Waals surface area contributed by atoms with E-state index in [1.807, 2.05) is 13.8 Å². The fraction of sp³-hybridized carbons (Fsp3) is 0.348. The molecule has 8 nitrogen and oxygen atoms in total. The molecule has 0 radical (unpaired) electrons. The van der Waals surface area contributed by atoms with Gasteiger partial charge in [0.15, 0.2) is 0 Å². The molecule has 3 N–H and O–H groups in total. The van der Waals surface area contributed by atoms with Gasteiger partial charge >= 0.3 is 0 Å². The van der Waals surface area contributed by atoms with Crippen LogP contribution in [0.2, 0.25) is 0 Å². The minimum absolute atomic E-state index is 0.200. The number of hydrazine groups is 1. The monoisotopic (exact) mass is 427 g/mol. The molecule has 31 heavy (non-hydrogen) atoms. The van der Waals surface area contributed by atoms with Gasteiger partial charge in [0.2, 0.25) is 0 Å². The molecule has 2 aromatic carbocycles. The van der Waals surface area contributed by atoms with Gasteiger partial charge < -0.3 is 14.8 Å². The number of hydrogen-bond acceptors (Lipinski definition) is 5. The van der Waals surface area contributed by atoms with E-state index in [1.54, 1.807) is 62.4 Å². The van der Waals surface area contributed by atoms with E-state index in [2.05, 4.69) is 16.2 Å². The van der Waals surface area contributed by atoms with E-state index in [-0.39, 0.29) is 5.92 Å². The van der Waals surface area contributed by atoms with Crippen LogP contribution in [0.4, 0.5) is 0 Å². The summed E-state index contributed by atoms with van der Waals surface area (Å²) in [5, 5.41) is 2.71. The van der Waals surface area contributed by atoms with Crippen LogP contribution in [0.1, 0.15) is 48.4 Å². The van der Waals surface area contributed by atoms with Crippen LogP contribution in [0, 0.1) is 5.92 Å². The highest BCUT2D eigenvalue weighted by Gasteiger charge is 2.25. The zero-order valence-corrected chi connectivity index (χ0v) is 18.2. The first-order valence-corrected chi connectivity index (χ1v) is 10.2. The van der Waals surface area contributed by atoms with Crippen molar-refractivity contribution >= 4 is 17.7 Å². The lowest BCUT2D eigenvalue weighted by molar-refractivity contribution is -0.124. The SMILES string of the molecule is CCOc1ccc(C(=O)NNC(=O)[C@@H](NC(=O)c2ccc(OCC)cc2)C(C)C)cc1. The van der Waals surface area contributed by atoms with E-state index in [0.29, 0.717) is 35.8 Å². The predicted octanol–water partition coefficient (Wildman–Crippen LogP) is 2.70. The number of benzene rings is 2. The molecule has 8 heteroatoms. The maximum absolute atomic E-state index is 12.6. The second-order valence-electron chi connectivity index (χ2n) is 7.05. The van der Waals surface area contributed by atoms with Gasteiger partial charge in [0.05, 0.1) is 13.2 Å². The third-order valence-electron chi connectivity index (χ3n) is 4.39. The van der Waals surface area contributed by atoms with Crippen molar-refractivity contribution in [2.75, 3.05) is 13.2 Å². The first-order chi connectivity index (χ1) is 14.8. The van der Waals surface area contributed by atoms with Gasteiger partial charge in [-0.05, 0) is 68.3 Å². The molecular weight excluding hydrogens is 398 g/mol.